The average molecular weight is 244 g/mol. The van der Waals surface area contributed by atoms with Crippen LogP contribution in [0.25, 0.3) is 0 Å². The van der Waals surface area contributed by atoms with Crippen molar-refractivity contribution < 1.29 is 4.79 Å². The maximum Gasteiger partial charge on any atom is 0.162 e. The maximum absolute atomic E-state index is 11.8. The molecule has 0 heterocycles. The summed E-state index contributed by atoms with van der Waals surface area (Å²) in [5.41, 5.74) is 2.25. The highest BCUT2D eigenvalue weighted by Crippen LogP contribution is 2.10. The highest BCUT2D eigenvalue weighted by atomic mass is 16.1. The Bertz CT molecular complexity index is 372. The van der Waals surface area contributed by atoms with Crippen LogP contribution in [0, 0.1) is 0 Å². The molecule has 0 aliphatic heterocycles. The van der Waals surface area contributed by atoms with E-state index in [2.05, 4.69) is 19.9 Å². The van der Waals surface area contributed by atoms with E-state index in [0.29, 0.717) is 6.42 Å². The summed E-state index contributed by atoms with van der Waals surface area (Å²) < 4.78 is 0. The summed E-state index contributed by atoms with van der Waals surface area (Å²) in [5.74, 6) is 0.278. The maximum atomic E-state index is 11.8. The van der Waals surface area contributed by atoms with Crippen LogP contribution in [0.5, 0.6) is 0 Å². The van der Waals surface area contributed by atoms with E-state index in [1.54, 1.807) is 0 Å². The molecule has 0 bridgehead atoms. The fraction of sp³-hybridized carbons (Fsp3) is 0.471. The highest BCUT2D eigenvalue weighted by Gasteiger charge is 2.03. The SMILES string of the molecule is CC(C)=CCCCCCCC(=O)c1ccccc1. The van der Waals surface area contributed by atoms with Gasteiger partial charge in [0.2, 0.25) is 0 Å². The highest BCUT2D eigenvalue weighted by molar-refractivity contribution is 5.95. The molecule has 0 aliphatic carbocycles. The van der Waals surface area contributed by atoms with Crippen LogP contribution in [0.4, 0.5) is 0 Å². The number of hydrogen-bond acceptors (Lipinski definition) is 1. The smallest absolute Gasteiger partial charge is 0.162 e. The molecule has 98 valence electrons. The molecule has 0 atom stereocenters. The van der Waals surface area contributed by atoms with Gasteiger partial charge in [0.25, 0.3) is 0 Å². The normalized spacial score (nSPS) is 10.1. The molecule has 0 aromatic heterocycles. The molecule has 0 saturated carbocycles. The lowest BCUT2D eigenvalue weighted by Crippen LogP contribution is -1.98. The Hall–Kier alpha value is -1.37. The van der Waals surface area contributed by atoms with Gasteiger partial charge in [-0.05, 0) is 33.1 Å². The second kappa shape index (κ2) is 8.68. The van der Waals surface area contributed by atoms with Crippen molar-refractivity contribution in [3.05, 3.63) is 47.5 Å². The Morgan fingerprint density at radius 3 is 2.33 bits per heavy atom. The van der Waals surface area contributed by atoms with Crippen molar-refractivity contribution in [1.29, 1.82) is 0 Å². The minimum Gasteiger partial charge on any atom is -0.294 e. The van der Waals surface area contributed by atoms with Gasteiger partial charge in [0.05, 0.1) is 0 Å². The molecular weight excluding hydrogens is 220 g/mol. The van der Waals surface area contributed by atoms with Crippen LogP contribution in [0.2, 0.25) is 0 Å². The average Bonchev–Trinajstić information content (AvgIpc) is 2.38. The van der Waals surface area contributed by atoms with Crippen molar-refractivity contribution in [1.82, 2.24) is 0 Å². The standard InChI is InChI=1S/C17H24O/c1-15(2)11-7-4-3-5-10-14-17(18)16-12-8-6-9-13-16/h6,8-9,11-13H,3-5,7,10,14H2,1-2H3. The van der Waals surface area contributed by atoms with E-state index in [1.165, 1.54) is 24.8 Å². The predicted octanol–water partition coefficient (Wildman–Crippen LogP) is 5.18. The lowest BCUT2D eigenvalue weighted by molar-refractivity contribution is 0.0979. The molecular formula is C17H24O. The molecule has 1 aromatic rings. The number of unbranched alkanes of at least 4 members (excludes halogenated alkanes) is 4. The first kappa shape index (κ1) is 14.7. The van der Waals surface area contributed by atoms with Gasteiger partial charge in [-0.2, -0.15) is 0 Å². The molecule has 0 fully saturated rings. The largest absolute Gasteiger partial charge is 0.294 e. The van der Waals surface area contributed by atoms with Gasteiger partial charge in [-0.15, -0.1) is 0 Å². The Morgan fingerprint density at radius 2 is 1.67 bits per heavy atom. The molecule has 0 unspecified atom stereocenters. The van der Waals surface area contributed by atoms with Gasteiger partial charge in [0.1, 0.15) is 0 Å². The van der Waals surface area contributed by atoms with Gasteiger partial charge in [0, 0.05) is 12.0 Å². The minimum atomic E-state index is 0.278. The molecule has 0 radical (unpaired) electrons. The van der Waals surface area contributed by atoms with Crippen LogP contribution in [-0.4, -0.2) is 5.78 Å². The third-order valence-electron chi connectivity index (χ3n) is 3.01. The van der Waals surface area contributed by atoms with Crippen LogP contribution < -0.4 is 0 Å². The van der Waals surface area contributed by atoms with Gasteiger partial charge in [-0.1, -0.05) is 54.8 Å². The van der Waals surface area contributed by atoms with E-state index >= 15 is 0 Å². The summed E-state index contributed by atoms with van der Waals surface area (Å²) in [6.45, 7) is 4.27. The van der Waals surface area contributed by atoms with Gasteiger partial charge in [-0.3, -0.25) is 4.79 Å². The third-order valence-corrected chi connectivity index (χ3v) is 3.01. The van der Waals surface area contributed by atoms with Crippen LogP contribution in [0.15, 0.2) is 42.0 Å². The zero-order chi connectivity index (χ0) is 13.2. The molecule has 0 saturated heterocycles. The summed E-state index contributed by atoms with van der Waals surface area (Å²) in [6.07, 6.45) is 8.80. The predicted molar refractivity (Wildman–Crippen MR) is 77.9 cm³/mol. The Labute approximate surface area is 111 Å². The quantitative estimate of drug-likeness (QED) is 0.350. The van der Waals surface area contributed by atoms with Gasteiger partial charge < -0.3 is 0 Å². The van der Waals surface area contributed by atoms with Crippen LogP contribution in [-0.2, 0) is 0 Å². The topological polar surface area (TPSA) is 17.1 Å². The number of ketones is 1. The second-order valence-corrected chi connectivity index (χ2v) is 5.02. The second-order valence-electron chi connectivity index (χ2n) is 5.02. The van der Waals surface area contributed by atoms with Crippen LogP contribution >= 0.6 is 0 Å². The Balaban J connectivity index is 2.08. The van der Waals surface area contributed by atoms with E-state index in [9.17, 15) is 4.79 Å². The van der Waals surface area contributed by atoms with Crippen molar-refractivity contribution in [3.8, 4) is 0 Å². The zero-order valence-electron chi connectivity index (χ0n) is 11.6. The fourth-order valence-corrected chi connectivity index (χ4v) is 1.94. The van der Waals surface area contributed by atoms with Crippen molar-refractivity contribution in [2.24, 2.45) is 0 Å². The molecule has 1 heteroatoms. The molecule has 0 spiro atoms. The van der Waals surface area contributed by atoms with E-state index in [-0.39, 0.29) is 5.78 Å². The van der Waals surface area contributed by atoms with Gasteiger partial charge in [-0.25, -0.2) is 0 Å². The van der Waals surface area contributed by atoms with Gasteiger partial charge >= 0.3 is 0 Å². The lowest BCUT2D eigenvalue weighted by atomic mass is 10.0. The number of benzene rings is 1. The van der Waals surface area contributed by atoms with E-state index in [0.717, 1.165) is 18.4 Å². The first-order chi connectivity index (χ1) is 8.70. The van der Waals surface area contributed by atoms with Crippen LogP contribution in [0.1, 0.15) is 62.7 Å². The number of hydrogen-bond donors (Lipinski definition) is 0. The first-order valence-electron chi connectivity index (χ1n) is 6.92. The lowest BCUT2D eigenvalue weighted by Gasteiger charge is -2.01. The molecule has 18 heavy (non-hydrogen) atoms. The number of rotatable bonds is 8. The first-order valence-corrected chi connectivity index (χ1v) is 6.92. The zero-order valence-corrected chi connectivity index (χ0v) is 11.6. The number of allylic oxidation sites excluding steroid dienone is 2. The summed E-state index contributed by atoms with van der Waals surface area (Å²) in [7, 11) is 0. The fourth-order valence-electron chi connectivity index (χ4n) is 1.94. The molecule has 1 nitrogen and oxygen atoms in total. The Kier molecular flexibility index (Phi) is 7.09. The molecule has 1 rings (SSSR count). The van der Waals surface area contributed by atoms with Crippen molar-refractivity contribution in [2.45, 2.75) is 52.4 Å². The summed E-state index contributed by atoms with van der Waals surface area (Å²) in [6, 6.07) is 9.59. The van der Waals surface area contributed by atoms with Crippen molar-refractivity contribution >= 4 is 5.78 Å². The summed E-state index contributed by atoms with van der Waals surface area (Å²) in [4.78, 5) is 11.8. The summed E-state index contributed by atoms with van der Waals surface area (Å²) in [5, 5.41) is 0. The van der Waals surface area contributed by atoms with E-state index < -0.39 is 0 Å². The molecule has 0 aliphatic rings. The molecule has 1 aromatic carbocycles. The number of carbonyl (C=O) groups excluding carboxylic acids is 1. The minimum absolute atomic E-state index is 0.278. The van der Waals surface area contributed by atoms with Crippen molar-refractivity contribution in [3.63, 3.8) is 0 Å². The van der Waals surface area contributed by atoms with Crippen LogP contribution in [0.3, 0.4) is 0 Å². The van der Waals surface area contributed by atoms with Gasteiger partial charge in [0.15, 0.2) is 5.78 Å². The molecule has 0 N–H and O–H groups in total. The number of carbonyl (C=O) groups is 1. The van der Waals surface area contributed by atoms with E-state index in [1.807, 2.05) is 30.3 Å². The summed E-state index contributed by atoms with van der Waals surface area (Å²) >= 11 is 0. The van der Waals surface area contributed by atoms with Crippen molar-refractivity contribution in [2.75, 3.05) is 0 Å². The Morgan fingerprint density at radius 1 is 1.00 bits per heavy atom. The van der Waals surface area contributed by atoms with E-state index in [4.69, 9.17) is 0 Å². The third kappa shape index (κ3) is 6.39. The number of Topliss-reactive ketones (excluding diaryl/α,β-unsaturated/α-hetero) is 1. The monoisotopic (exact) mass is 244 g/mol. The molecule has 0 amide bonds.